The summed E-state index contributed by atoms with van der Waals surface area (Å²) in [5.74, 6) is 7.02. The number of pyridine rings is 1. The maximum atomic E-state index is 4.42. The van der Waals surface area contributed by atoms with Gasteiger partial charge in [0.2, 0.25) is 5.95 Å². The van der Waals surface area contributed by atoms with Crippen molar-refractivity contribution in [2.24, 2.45) is 0 Å². The Morgan fingerprint density at radius 2 is 2.19 bits per heavy atom. The predicted octanol–water partition coefficient (Wildman–Crippen LogP) is 4.31. The zero-order valence-electron chi connectivity index (χ0n) is 14.9. The molecule has 3 heterocycles. The third kappa shape index (κ3) is 4.44. The van der Waals surface area contributed by atoms with E-state index in [0.717, 1.165) is 59.6 Å². The van der Waals surface area contributed by atoms with Gasteiger partial charge in [-0.25, -0.2) is 4.98 Å². The second-order valence-corrected chi connectivity index (χ2v) is 7.77. The average Bonchev–Trinajstić information content (AvgIpc) is 3.20. The van der Waals surface area contributed by atoms with E-state index in [1.807, 2.05) is 30.4 Å². The largest absolute Gasteiger partial charge is 0.356 e. The molecule has 0 saturated heterocycles. The number of thiophene rings is 1. The van der Waals surface area contributed by atoms with Crippen LogP contribution in [0.4, 0.5) is 5.95 Å². The molecule has 0 aromatic carbocycles. The molecule has 3 rings (SSSR count). The van der Waals surface area contributed by atoms with Crippen molar-refractivity contribution in [1.82, 2.24) is 20.3 Å². The van der Waals surface area contributed by atoms with Crippen molar-refractivity contribution in [3.05, 3.63) is 38.1 Å². The number of hydrogen-bond donors (Lipinski definition) is 3. The number of aromatic amines is 1. The minimum Gasteiger partial charge on any atom is -0.356 e. The lowest BCUT2D eigenvalue weighted by atomic mass is 10.2. The van der Waals surface area contributed by atoms with Crippen LogP contribution >= 0.6 is 27.3 Å². The zero-order valence-corrected chi connectivity index (χ0v) is 17.4. The number of rotatable bonds is 8. The molecule has 0 fully saturated rings. The van der Waals surface area contributed by atoms with E-state index in [1.54, 1.807) is 6.20 Å². The summed E-state index contributed by atoms with van der Waals surface area (Å²) >= 11 is 5.53. The predicted molar refractivity (Wildman–Crippen MR) is 113 cm³/mol. The molecule has 0 spiro atoms. The monoisotopic (exact) mass is 431 g/mol. The molecule has 3 aromatic heterocycles. The summed E-state index contributed by atoms with van der Waals surface area (Å²) in [7, 11) is 0. The summed E-state index contributed by atoms with van der Waals surface area (Å²) in [5.41, 5.74) is 2.83. The van der Waals surface area contributed by atoms with Crippen LogP contribution in [0.1, 0.15) is 35.6 Å². The first-order valence-corrected chi connectivity index (χ1v) is 10.3. The number of anilines is 1. The van der Waals surface area contributed by atoms with Crippen LogP contribution in [0.2, 0.25) is 0 Å². The van der Waals surface area contributed by atoms with Gasteiger partial charge in [-0.1, -0.05) is 12.8 Å². The highest BCUT2D eigenvalue weighted by Gasteiger charge is 2.13. The van der Waals surface area contributed by atoms with Gasteiger partial charge in [0.1, 0.15) is 0 Å². The SMILES string of the molecule is CC#Cc1c(CNCCCNc2nc3ncccc3[nH]2)sc(CC)c1Br. The quantitative estimate of drug-likeness (QED) is 0.367. The Hall–Kier alpha value is -1.88. The first-order valence-electron chi connectivity index (χ1n) is 8.71. The molecule has 0 unspecified atom stereocenters. The van der Waals surface area contributed by atoms with Crippen LogP contribution in [-0.2, 0) is 13.0 Å². The number of aryl methyl sites for hydroxylation is 1. The summed E-state index contributed by atoms with van der Waals surface area (Å²) < 4.78 is 1.16. The van der Waals surface area contributed by atoms with Crippen LogP contribution in [0.5, 0.6) is 0 Å². The molecule has 136 valence electrons. The standard InChI is InChI=1S/C19H22BrN5S/c1-3-7-13-16(26-15(4-2)17(13)20)12-21-9-6-11-23-19-24-14-8-5-10-22-18(14)25-19/h5,8,10,21H,4,6,9,11-12H2,1-2H3,(H2,22,23,24,25). The molecule has 0 bridgehead atoms. The molecule has 3 aromatic rings. The van der Waals surface area contributed by atoms with Gasteiger partial charge in [0.25, 0.3) is 0 Å². The Labute approximate surface area is 166 Å². The normalized spacial score (nSPS) is 10.7. The molecule has 0 aliphatic heterocycles. The maximum Gasteiger partial charge on any atom is 0.202 e. The van der Waals surface area contributed by atoms with Crippen LogP contribution in [0, 0.1) is 11.8 Å². The fourth-order valence-corrected chi connectivity index (χ4v) is 4.71. The van der Waals surface area contributed by atoms with E-state index in [9.17, 15) is 0 Å². The second kappa shape index (κ2) is 9.17. The van der Waals surface area contributed by atoms with Gasteiger partial charge in [-0.3, -0.25) is 0 Å². The first kappa shape index (κ1) is 18.9. The lowest BCUT2D eigenvalue weighted by Crippen LogP contribution is -2.17. The number of imidazole rings is 1. The highest BCUT2D eigenvalue weighted by atomic mass is 79.9. The minimum absolute atomic E-state index is 0.743. The Morgan fingerprint density at radius 3 is 2.96 bits per heavy atom. The van der Waals surface area contributed by atoms with E-state index in [-0.39, 0.29) is 0 Å². The van der Waals surface area contributed by atoms with Crippen molar-refractivity contribution < 1.29 is 0 Å². The molecule has 5 nitrogen and oxygen atoms in total. The molecule has 0 saturated carbocycles. The summed E-state index contributed by atoms with van der Waals surface area (Å²) in [6.07, 6.45) is 3.79. The summed E-state index contributed by atoms with van der Waals surface area (Å²) in [6.45, 7) is 6.69. The molecular weight excluding hydrogens is 410 g/mol. The Morgan fingerprint density at radius 1 is 1.31 bits per heavy atom. The minimum atomic E-state index is 0.743. The van der Waals surface area contributed by atoms with E-state index >= 15 is 0 Å². The molecule has 0 amide bonds. The molecule has 3 N–H and O–H groups in total. The maximum absolute atomic E-state index is 4.42. The summed E-state index contributed by atoms with van der Waals surface area (Å²) in [5, 5.41) is 6.83. The van der Waals surface area contributed by atoms with E-state index in [1.165, 1.54) is 9.75 Å². The van der Waals surface area contributed by atoms with E-state index < -0.39 is 0 Å². The van der Waals surface area contributed by atoms with Gasteiger partial charge in [0.15, 0.2) is 5.65 Å². The van der Waals surface area contributed by atoms with Crippen molar-refractivity contribution >= 4 is 44.4 Å². The highest BCUT2D eigenvalue weighted by molar-refractivity contribution is 9.10. The van der Waals surface area contributed by atoms with Crippen molar-refractivity contribution in [3.63, 3.8) is 0 Å². The second-order valence-electron chi connectivity index (χ2n) is 5.78. The molecule has 0 atom stereocenters. The van der Waals surface area contributed by atoms with Crippen molar-refractivity contribution in [2.45, 2.75) is 33.2 Å². The van der Waals surface area contributed by atoms with Gasteiger partial charge in [0, 0.05) is 33.5 Å². The Bertz CT molecular complexity index is 901. The van der Waals surface area contributed by atoms with Crippen molar-refractivity contribution in [1.29, 1.82) is 0 Å². The zero-order chi connectivity index (χ0) is 18.4. The average molecular weight is 432 g/mol. The number of nitrogens with zero attached hydrogens (tertiary/aromatic N) is 2. The van der Waals surface area contributed by atoms with Gasteiger partial charge in [-0.05, 0) is 54.4 Å². The van der Waals surface area contributed by atoms with Crippen LogP contribution in [0.25, 0.3) is 11.2 Å². The van der Waals surface area contributed by atoms with Gasteiger partial charge >= 0.3 is 0 Å². The van der Waals surface area contributed by atoms with E-state index in [0.29, 0.717) is 0 Å². The van der Waals surface area contributed by atoms with Gasteiger partial charge in [-0.15, -0.1) is 17.3 Å². The topological polar surface area (TPSA) is 65.6 Å². The van der Waals surface area contributed by atoms with Gasteiger partial charge in [0.05, 0.1) is 11.1 Å². The van der Waals surface area contributed by atoms with Gasteiger partial charge < -0.3 is 15.6 Å². The van der Waals surface area contributed by atoms with Gasteiger partial charge in [-0.2, -0.15) is 4.98 Å². The van der Waals surface area contributed by atoms with E-state index in [2.05, 4.69) is 60.3 Å². The number of fused-ring (bicyclic) bond motifs is 1. The fourth-order valence-electron chi connectivity index (χ4n) is 2.66. The highest BCUT2D eigenvalue weighted by Crippen LogP contribution is 2.33. The smallest absolute Gasteiger partial charge is 0.202 e. The molecular formula is C19H22BrN5S. The molecule has 26 heavy (non-hydrogen) atoms. The lowest BCUT2D eigenvalue weighted by molar-refractivity contribution is 0.667. The molecule has 7 heteroatoms. The molecule has 0 radical (unpaired) electrons. The number of hydrogen-bond acceptors (Lipinski definition) is 5. The van der Waals surface area contributed by atoms with Crippen LogP contribution in [0.15, 0.2) is 22.8 Å². The number of H-pyrrole nitrogens is 1. The first-order chi connectivity index (χ1) is 12.7. The molecule has 0 aliphatic carbocycles. The number of halogens is 1. The fraction of sp³-hybridized carbons (Fsp3) is 0.368. The van der Waals surface area contributed by atoms with E-state index in [4.69, 9.17) is 0 Å². The third-order valence-corrected chi connectivity index (χ3v) is 6.40. The Balaban J connectivity index is 1.45. The molecule has 0 aliphatic rings. The Kier molecular flexibility index (Phi) is 6.67. The van der Waals surface area contributed by atoms with Crippen LogP contribution < -0.4 is 10.6 Å². The van der Waals surface area contributed by atoms with Crippen LogP contribution in [0.3, 0.4) is 0 Å². The number of nitrogens with one attached hydrogen (secondary N) is 3. The van der Waals surface area contributed by atoms with Crippen LogP contribution in [-0.4, -0.2) is 28.0 Å². The lowest BCUT2D eigenvalue weighted by Gasteiger charge is -2.05. The number of aromatic nitrogens is 3. The third-order valence-electron chi connectivity index (χ3n) is 3.93. The summed E-state index contributed by atoms with van der Waals surface area (Å²) in [6, 6.07) is 3.88. The van der Waals surface area contributed by atoms with Crippen molar-refractivity contribution in [3.8, 4) is 11.8 Å². The summed E-state index contributed by atoms with van der Waals surface area (Å²) in [4.78, 5) is 14.5. The van der Waals surface area contributed by atoms with Crippen molar-refractivity contribution in [2.75, 3.05) is 18.4 Å².